The summed E-state index contributed by atoms with van der Waals surface area (Å²) in [5.74, 6) is 0.807. The number of phenolic OH excluding ortho intramolecular Hbond substituents is 1. The Kier molecular flexibility index (Phi) is 7.12. The number of aliphatic hydroxyl groups excluding tert-OH is 1. The van der Waals surface area contributed by atoms with Gasteiger partial charge in [-0.3, -0.25) is 0 Å². The van der Waals surface area contributed by atoms with E-state index in [9.17, 15) is 5.11 Å². The fraction of sp³-hybridized carbons (Fsp3) is 0.538. The van der Waals surface area contributed by atoms with Gasteiger partial charge in [-0.1, -0.05) is 0 Å². The van der Waals surface area contributed by atoms with E-state index in [1.54, 1.807) is 19.2 Å². The fourth-order valence-electron chi connectivity index (χ4n) is 1.34. The van der Waals surface area contributed by atoms with Gasteiger partial charge in [-0.2, -0.15) is 0 Å². The molecule has 0 aliphatic heterocycles. The number of ether oxygens (including phenoxy) is 2. The summed E-state index contributed by atoms with van der Waals surface area (Å²) in [5.41, 5.74) is 0. The Labute approximate surface area is 112 Å². The van der Waals surface area contributed by atoms with Crippen LogP contribution in [0.3, 0.4) is 0 Å². The molecule has 1 aromatic rings. The minimum Gasteiger partial charge on any atom is -0.508 e. The molecule has 102 valence electrons. The molecule has 0 heterocycles. The SMILES string of the molecule is COCC(C)OCC(O)CSc1ccc(O)cc1. The lowest BCUT2D eigenvalue weighted by molar-refractivity contribution is -0.0257. The van der Waals surface area contributed by atoms with Crippen molar-refractivity contribution in [2.24, 2.45) is 0 Å². The first-order valence-corrected chi connectivity index (χ1v) is 6.80. The summed E-state index contributed by atoms with van der Waals surface area (Å²) in [6.07, 6.45) is -0.522. The van der Waals surface area contributed by atoms with Crippen LogP contribution in [-0.2, 0) is 9.47 Å². The normalized spacial score (nSPS) is 14.4. The molecule has 0 aromatic heterocycles. The molecule has 0 aliphatic rings. The number of hydrogen-bond donors (Lipinski definition) is 2. The number of aliphatic hydroxyl groups is 1. The molecule has 2 atom stereocenters. The maximum Gasteiger partial charge on any atom is 0.115 e. The number of methoxy groups -OCH3 is 1. The summed E-state index contributed by atoms with van der Waals surface area (Å²) in [4.78, 5) is 1.01. The van der Waals surface area contributed by atoms with Gasteiger partial charge in [-0.15, -0.1) is 11.8 Å². The van der Waals surface area contributed by atoms with E-state index in [0.717, 1.165) is 4.90 Å². The summed E-state index contributed by atoms with van der Waals surface area (Å²) in [6.45, 7) is 2.73. The van der Waals surface area contributed by atoms with Crippen molar-refractivity contribution in [2.45, 2.75) is 24.0 Å². The van der Waals surface area contributed by atoms with Crippen LogP contribution >= 0.6 is 11.8 Å². The van der Waals surface area contributed by atoms with Crippen LogP contribution in [0.15, 0.2) is 29.2 Å². The first kappa shape index (κ1) is 15.3. The van der Waals surface area contributed by atoms with E-state index in [0.29, 0.717) is 19.0 Å². The van der Waals surface area contributed by atoms with Crippen LogP contribution in [0.5, 0.6) is 5.75 Å². The summed E-state index contributed by atoms with van der Waals surface area (Å²) in [7, 11) is 1.62. The second-order valence-corrected chi connectivity index (χ2v) is 5.15. The molecule has 0 radical (unpaired) electrons. The zero-order chi connectivity index (χ0) is 13.4. The van der Waals surface area contributed by atoms with Crippen molar-refractivity contribution in [1.82, 2.24) is 0 Å². The van der Waals surface area contributed by atoms with Gasteiger partial charge in [0.2, 0.25) is 0 Å². The molecular weight excluding hydrogens is 252 g/mol. The summed E-state index contributed by atoms with van der Waals surface area (Å²) in [5, 5.41) is 18.9. The first-order valence-electron chi connectivity index (χ1n) is 5.82. The predicted molar refractivity (Wildman–Crippen MR) is 72.1 cm³/mol. The molecular formula is C13H20O4S. The molecule has 1 rings (SSSR count). The zero-order valence-corrected chi connectivity index (χ0v) is 11.5. The number of benzene rings is 1. The highest BCUT2D eigenvalue weighted by atomic mass is 32.2. The van der Waals surface area contributed by atoms with Crippen LogP contribution < -0.4 is 0 Å². The van der Waals surface area contributed by atoms with Crippen molar-refractivity contribution in [3.8, 4) is 5.75 Å². The van der Waals surface area contributed by atoms with Gasteiger partial charge in [0.1, 0.15) is 5.75 Å². The van der Waals surface area contributed by atoms with Crippen LogP contribution in [-0.4, -0.2) is 48.5 Å². The maximum absolute atomic E-state index is 9.75. The topological polar surface area (TPSA) is 58.9 Å². The van der Waals surface area contributed by atoms with Gasteiger partial charge in [-0.25, -0.2) is 0 Å². The molecule has 0 saturated carbocycles. The lowest BCUT2D eigenvalue weighted by Crippen LogP contribution is -2.24. The monoisotopic (exact) mass is 272 g/mol. The largest absolute Gasteiger partial charge is 0.508 e. The van der Waals surface area contributed by atoms with E-state index in [2.05, 4.69) is 0 Å². The summed E-state index contributed by atoms with van der Waals surface area (Å²) < 4.78 is 10.4. The van der Waals surface area contributed by atoms with Gasteiger partial charge < -0.3 is 19.7 Å². The highest BCUT2D eigenvalue weighted by Crippen LogP contribution is 2.21. The number of phenols is 1. The van der Waals surface area contributed by atoms with Crippen LogP contribution in [0.2, 0.25) is 0 Å². The van der Waals surface area contributed by atoms with Gasteiger partial charge in [-0.05, 0) is 31.2 Å². The highest BCUT2D eigenvalue weighted by Gasteiger charge is 2.08. The van der Waals surface area contributed by atoms with Crippen molar-refractivity contribution in [3.05, 3.63) is 24.3 Å². The standard InChI is InChI=1S/C13H20O4S/c1-10(7-16-2)17-8-12(15)9-18-13-5-3-11(14)4-6-13/h3-6,10,12,14-15H,7-9H2,1-2H3. The van der Waals surface area contributed by atoms with Crippen LogP contribution in [0.25, 0.3) is 0 Å². The van der Waals surface area contributed by atoms with E-state index in [4.69, 9.17) is 14.6 Å². The third kappa shape index (κ3) is 6.26. The minimum absolute atomic E-state index is 0.0108. The molecule has 0 spiro atoms. The number of hydrogen-bond acceptors (Lipinski definition) is 5. The van der Waals surface area contributed by atoms with Crippen molar-refractivity contribution in [2.75, 3.05) is 26.1 Å². The molecule has 2 N–H and O–H groups in total. The van der Waals surface area contributed by atoms with E-state index < -0.39 is 6.10 Å². The Morgan fingerprint density at radius 3 is 2.50 bits per heavy atom. The van der Waals surface area contributed by atoms with E-state index >= 15 is 0 Å². The van der Waals surface area contributed by atoms with Crippen LogP contribution in [0.4, 0.5) is 0 Å². The first-order chi connectivity index (χ1) is 8.61. The average molecular weight is 272 g/mol. The van der Waals surface area contributed by atoms with E-state index in [1.807, 2.05) is 19.1 Å². The quantitative estimate of drug-likeness (QED) is 0.708. The molecule has 1 aromatic carbocycles. The lowest BCUT2D eigenvalue weighted by atomic mass is 10.3. The molecule has 0 bridgehead atoms. The zero-order valence-electron chi connectivity index (χ0n) is 10.7. The van der Waals surface area contributed by atoms with Crippen molar-refractivity contribution in [1.29, 1.82) is 0 Å². The van der Waals surface area contributed by atoms with Gasteiger partial charge in [0.25, 0.3) is 0 Å². The Balaban J connectivity index is 2.20. The third-order valence-corrected chi connectivity index (χ3v) is 3.41. The van der Waals surface area contributed by atoms with Gasteiger partial charge in [0, 0.05) is 17.8 Å². The van der Waals surface area contributed by atoms with E-state index in [-0.39, 0.29) is 11.9 Å². The summed E-state index contributed by atoms with van der Waals surface area (Å²) >= 11 is 1.53. The molecule has 0 aliphatic carbocycles. The third-order valence-electron chi connectivity index (χ3n) is 2.25. The Morgan fingerprint density at radius 1 is 1.22 bits per heavy atom. The molecule has 5 heteroatoms. The molecule has 0 fully saturated rings. The fourth-order valence-corrected chi connectivity index (χ4v) is 2.15. The second kappa shape index (κ2) is 8.37. The van der Waals surface area contributed by atoms with E-state index in [1.165, 1.54) is 11.8 Å². The summed E-state index contributed by atoms with van der Waals surface area (Å²) in [6, 6.07) is 6.90. The number of thioether (sulfide) groups is 1. The Bertz CT molecular complexity index is 328. The Hall–Kier alpha value is -0.750. The molecule has 18 heavy (non-hydrogen) atoms. The smallest absolute Gasteiger partial charge is 0.115 e. The molecule has 2 unspecified atom stereocenters. The van der Waals surface area contributed by atoms with Crippen LogP contribution in [0, 0.1) is 0 Å². The molecule has 4 nitrogen and oxygen atoms in total. The predicted octanol–water partition coefficient (Wildman–Crippen LogP) is 1.90. The van der Waals surface area contributed by atoms with Gasteiger partial charge in [0.05, 0.1) is 25.4 Å². The Morgan fingerprint density at radius 2 is 1.89 bits per heavy atom. The average Bonchev–Trinajstić information content (AvgIpc) is 2.36. The minimum atomic E-state index is -0.511. The maximum atomic E-state index is 9.75. The van der Waals surface area contributed by atoms with Gasteiger partial charge >= 0.3 is 0 Å². The van der Waals surface area contributed by atoms with Crippen LogP contribution in [0.1, 0.15) is 6.92 Å². The molecule has 0 saturated heterocycles. The number of aromatic hydroxyl groups is 1. The van der Waals surface area contributed by atoms with Gasteiger partial charge in [0.15, 0.2) is 0 Å². The second-order valence-electron chi connectivity index (χ2n) is 4.06. The number of rotatable bonds is 8. The molecule has 0 amide bonds. The highest BCUT2D eigenvalue weighted by molar-refractivity contribution is 7.99. The lowest BCUT2D eigenvalue weighted by Gasteiger charge is -2.15. The van der Waals surface area contributed by atoms with Crippen molar-refractivity contribution < 1.29 is 19.7 Å². The van der Waals surface area contributed by atoms with Crippen molar-refractivity contribution >= 4 is 11.8 Å². The van der Waals surface area contributed by atoms with Crippen molar-refractivity contribution in [3.63, 3.8) is 0 Å².